The lowest BCUT2D eigenvalue weighted by Gasteiger charge is -2.36. The third kappa shape index (κ3) is 5.65. The Morgan fingerprint density at radius 1 is 1.31 bits per heavy atom. The maximum atomic E-state index is 12.2. The smallest absolute Gasteiger partial charge is 0.344 e. The second kappa shape index (κ2) is 9.65. The van der Waals surface area contributed by atoms with E-state index in [1.54, 1.807) is 12.1 Å². The Bertz CT molecular complexity index is 647. The van der Waals surface area contributed by atoms with Crippen LogP contribution >= 0.6 is 23.4 Å². The molecule has 3 atom stereocenters. The van der Waals surface area contributed by atoms with Crippen LogP contribution in [0.2, 0.25) is 5.02 Å². The third-order valence-corrected chi connectivity index (χ3v) is 6.01. The van der Waals surface area contributed by atoms with E-state index in [-0.39, 0.29) is 11.7 Å². The Morgan fingerprint density at radius 2 is 2.04 bits per heavy atom. The predicted octanol–water partition coefficient (Wildman–Crippen LogP) is 5.22. The van der Waals surface area contributed by atoms with Gasteiger partial charge in [0.25, 0.3) is 0 Å². The van der Waals surface area contributed by atoms with Crippen LogP contribution in [0.3, 0.4) is 0 Å². The van der Waals surface area contributed by atoms with Crippen molar-refractivity contribution in [2.75, 3.05) is 12.9 Å². The van der Waals surface area contributed by atoms with Gasteiger partial charge in [-0.3, -0.25) is 0 Å². The standard InChI is InChI=1S/C20H27ClO4S/c1-12(2)15-7-5-13(3)9-18(15)25-19(22)11-24-20(23)16-10-14(26-4)6-8-17(16)21/h6,8,10,12-13,15,18H,5,7,9,11H2,1-4H3/t13-,15+,18+/m1/s1. The minimum atomic E-state index is -0.611. The monoisotopic (exact) mass is 398 g/mol. The molecule has 0 aliphatic heterocycles. The molecule has 144 valence electrons. The van der Waals surface area contributed by atoms with Crippen molar-refractivity contribution in [3.05, 3.63) is 28.8 Å². The summed E-state index contributed by atoms with van der Waals surface area (Å²) in [5.74, 6) is 0.244. The summed E-state index contributed by atoms with van der Waals surface area (Å²) in [6.45, 7) is 6.09. The van der Waals surface area contributed by atoms with Crippen LogP contribution in [0, 0.1) is 17.8 Å². The molecule has 1 fully saturated rings. The fourth-order valence-electron chi connectivity index (χ4n) is 3.44. The lowest BCUT2D eigenvalue weighted by molar-refractivity contribution is -0.159. The van der Waals surface area contributed by atoms with Gasteiger partial charge in [0.2, 0.25) is 0 Å². The highest BCUT2D eigenvalue weighted by atomic mass is 35.5. The largest absolute Gasteiger partial charge is 0.460 e. The molecule has 0 amide bonds. The van der Waals surface area contributed by atoms with Gasteiger partial charge in [0.1, 0.15) is 6.10 Å². The normalized spacial score (nSPS) is 22.9. The second-order valence-electron chi connectivity index (χ2n) is 7.28. The summed E-state index contributed by atoms with van der Waals surface area (Å²) in [6, 6.07) is 5.14. The lowest BCUT2D eigenvalue weighted by Crippen LogP contribution is -2.36. The fourth-order valence-corrected chi connectivity index (χ4v) is 4.08. The van der Waals surface area contributed by atoms with E-state index in [9.17, 15) is 9.59 Å². The molecule has 0 radical (unpaired) electrons. The summed E-state index contributed by atoms with van der Waals surface area (Å²) >= 11 is 7.56. The zero-order valence-corrected chi connectivity index (χ0v) is 17.4. The van der Waals surface area contributed by atoms with Crippen molar-refractivity contribution in [3.8, 4) is 0 Å². The Morgan fingerprint density at radius 3 is 2.69 bits per heavy atom. The van der Waals surface area contributed by atoms with Gasteiger partial charge in [0.05, 0.1) is 10.6 Å². The summed E-state index contributed by atoms with van der Waals surface area (Å²) in [7, 11) is 0. The number of rotatable bonds is 6. The number of ether oxygens (including phenoxy) is 2. The van der Waals surface area contributed by atoms with Gasteiger partial charge < -0.3 is 9.47 Å². The van der Waals surface area contributed by atoms with Crippen LogP contribution in [0.25, 0.3) is 0 Å². The molecule has 0 aromatic heterocycles. The topological polar surface area (TPSA) is 52.6 Å². The van der Waals surface area contributed by atoms with Crippen molar-refractivity contribution in [1.82, 2.24) is 0 Å². The van der Waals surface area contributed by atoms with Gasteiger partial charge in [-0.05, 0) is 55.1 Å². The minimum Gasteiger partial charge on any atom is -0.460 e. The van der Waals surface area contributed by atoms with E-state index in [1.807, 2.05) is 12.3 Å². The summed E-state index contributed by atoms with van der Waals surface area (Å²) < 4.78 is 10.8. The van der Waals surface area contributed by atoms with Crippen molar-refractivity contribution in [3.63, 3.8) is 0 Å². The Hall–Kier alpha value is -1.20. The molecule has 0 heterocycles. The van der Waals surface area contributed by atoms with Crippen molar-refractivity contribution < 1.29 is 19.1 Å². The molecule has 6 heteroatoms. The van der Waals surface area contributed by atoms with E-state index in [2.05, 4.69) is 20.8 Å². The lowest BCUT2D eigenvalue weighted by atomic mass is 9.75. The van der Waals surface area contributed by atoms with Crippen molar-refractivity contribution in [2.45, 2.75) is 51.0 Å². The van der Waals surface area contributed by atoms with Gasteiger partial charge in [0, 0.05) is 4.90 Å². The molecule has 0 unspecified atom stereocenters. The number of carbonyl (C=O) groups excluding carboxylic acids is 2. The molecule has 1 aliphatic carbocycles. The third-order valence-electron chi connectivity index (χ3n) is 4.96. The molecule has 0 bridgehead atoms. The van der Waals surface area contributed by atoms with E-state index in [1.165, 1.54) is 11.8 Å². The predicted molar refractivity (Wildman–Crippen MR) is 105 cm³/mol. The first-order valence-electron chi connectivity index (χ1n) is 9.02. The van der Waals surface area contributed by atoms with Crippen LogP contribution in [0.1, 0.15) is 50.4 Å². The maximum absolute atomic E-state index is 12.2. The van der Waals surface area contributed by atoms with E-state index < -0.39 is 18.5 Å². The van der Waals surface area contributed by atoms with Crippen LogP contribution in [0.15, 0.2) is 23.1 Å². The van der Waals surface area contributed by atoms with Crippen molar-refractivity contribution in [2.24, 2.45) is 17.8 Å². The van der Waals surface area contributed by atoms with Crippen LogP contribution in [0.4, 0.5) is 0 Å². The summed E-state index contributed by atoms with van der Waals surface area (Å²) in [6.07, 6.45) is 4.90. The molecular formula is C20H27ClO4S. The molecule has 1 aliphatic rings. The molecule has 26 heavy (non-hydrogen) atoms. The molecular weight excluding hydrogens is 372 g/mol. The maximum Gasteiger partial charge on any atom is 0.344 e. The number of halogens is 1. The van der Waals surface area contributed by atoms with Crippen LogP contribution in [-0.4, -0.2) is 30.9 Å². The van der Waals surface area contributed by atoms with Crippen molar-refractivity contribution in [1.29, 1.82) is 0 Å². The summed E-state index contributed by atoms with van der Waals surface area (Å²) in [5, 5.41) is 0.308. The van der Waals surface area contributed by atoms with Gasteiger partial charge >= 0.3 is 11.9 Å². The highest BCUT2D eigenvalue weighted by Crippen LogP contribution is 2.35. The first-order valence-corrected chi connectivity index (χ1v) is 10.6. The first-order chi connectivity index (χ1) is 12.3. The Kier molecular flexibility index (Phi) is 7.84. The zero-order chi connectivity index (χ0) is 19.3. The van der Waals surface area contributed by atoms with Gasteiger partial charge in [-0.2, -0.15) is 0 Å². The Labute approximate surface area is 165 Å². The van der Waals surface area contributed by atoms with E-state index in [0.29, 0.717) is 22.8 Å². The fraction of sp³-hybridized carbons (Fsp3) is 0.600. The van der Waals surface area contributed by atoms with Gasteiger partial charge in [-0.25, -0.2) is 9.59 Å². The molecule has 0 saturated heterocycles. The average Bonchev–Trinajstić information content (AvgIpc) is 2.60. The summed E-state index contributed by atoms with van der Waals surface area (Å²) in [5.41, 5.74) is 0.262. The molecule has 2 rings (SSSR count). The van der Waals surface area contributed by atoms with Crippen LogP contribution in [-0.2, 0) is 14.3 Å². The number of benzene rings is 1. The average molecular weight is 399 g/mol. The first kappa shape index (κ1) is 21.1. The quantitative estimate of drug-likeness (QED) is 0.485. The van der Waals surface area contributed by atoms with Crippen LogP contribution < -0.4 is 0 Å². The minimum absolute atomic E-state index is 0.103. The number of thioether (sulfide) groups is 1. The van der Waals surface area contributed by atoms with Crippen LogP contribution in [0.5, 0.6) is 0 Å². The SMILES string of the molecule is CSc1ccc(Cl)c(C(=O)OCC(=O)O[C@H]2C[C@H](C)CC[C@H]2C(C)C)c1. The zero-order valence-electron chi connectivity index (χ0n) is 15.8. The molecule has 1 aromatic rings. The van der Waals surface area contributed by atoms with E-state index >= 15 is 0 Å². The van der Waals surface area contributed by atoms with E-state index in [4.69, 9.17) is 21.1 Å². The highest BCUT2D eigenvalue weighted by molar-refractivity contribution is 7.98. The molecule has 0 spiro atoms. The molecule has 1 aromatic carbocycles. The molecule has 1 saturated carbocycles. The van der Waals surface area contributed by atoms with Gasteiger partial charge in [0.15, 0.2) is 6.61 Å². The van der Waals surface area contributed by atoms with E-state index in [0.717, 1.165) is 24.2 Å². The highest BCUT2D eigenvalue weighted by Gasteiger charge is 2.33. The van der Waals surface area contributed by atoms with Gasteiger partial charge in [-0.15, -0.1) is 11.8 Å². The summed E-state index contributed by atoms with van der Waals surface area (Å²) in [4.78, 5) is 25.3. The molecule has 0 N–H and O–H groups in total. The number of esters is 2. The van der Waals surface area contributed by atoms with Crippen molar-refractivity contribution >= 4 is 35.3 Å². The number of hydrogen-bond donors (Lipinski definition) is 0. The second-order valence-corrected chi connectivity index (χ2v) is 8.56. The number of carbonyl (C=O) groups is 2. The molecule has 4 nitrogen and oxygen atoms in total. The van der Waals surface area contributed by atoms with Gasteiger partial charge in [-0.1, -0.05) is 38.8 Å². The Balaban J connectivity index is 1.92. The number of hydrogen-bond acceptors (Lipinski definition) is 5.